The van der Waals surface area contributed by atoms with Crippen molar-refractivity contribution in [3.63, 3.8) is 0 Å². The zero-order chi connectivity index (χ0) is 13.9. The Balaban J connectivity index is 1.74. The number of nitrogens with zero attached hydrogens (tertiary/aromatic N) is 1. The Morgan fingerprint density at radius 1 is 1.15 bits per heavy atom. The first-order valence-electron chi connectivity index (χ1n) is 6.57. The van der Waals surface area contributed by atoms with Gasteiger partial charge in [0.1, 0.15) is 0 Å². The lowest BCUT2D eigenvalue weighted by atomic mass is 9.88. The summed E-state index contributed by atoms with van der Waals surface area (Å²) in [4.78, 5) is 16.8. The maximum absolute atomic E-state index is 12.2. The number of hydrogen-bond donors (Lipinski definition) is 0. The summed E-state index contributed by atoms with van der Waals surface area (Å²) in [6.45, 7) is 0. The van der Waals surface area contributed by atoms with E-state index in [9.17, 15) is 4.79 Å². The fourth-order valence-electron chi connectivity index (χ4n) is 3.37. The minimum Gasteiger partial charge on any atom is -0.407 e. The van der Waals surface area contributed by atoms with Crippen LogP contribution in [0.5, 0.6) is 0 Å². The molecule has 4 rings (SSSR count). The summed E-state index contributed by atoms with van der Waals surface area (Å²) in [5, 5.41) is 0.900. The number of esters is 1. The minimum atomic E-state index is -0.178. The Labute approximate surface area is 126 Å². The van der Waals surface area contributed by atoms with E-state index in [1.54, 1.807) is 18.2 Å². The predicted octanol–water partition coefficient (Wildman–Crippen LogP) is 3.49. The zero-order valence-electron chi connectivity index (χ0n) is 10.4. The number of ether oxygens (including phenoxy) is 1. The second kappa shape index (κ2) is 4.34. The summed E-state index contributed by atoms with van der Waals surface area (Å²) < 4.78 is 5.41. The van der Waals surface area contributed by atoms with Gasteiger partial charge in [-0.1, -0.05) is 35.4 Å². The van der Waals surface area contributed by atoms with Gasteiger partial charge in [0.2, 0.25) is 5.90 Å². The van der Waals surface area contributed by atoms with Crippen LogP contribution in [-0.2, 0) is 9.53 Å². The van der Waals surface area contributed by atoms with Crippen LogP contribution in [0.1, 0.15) is 12.0 Å². The summed E-state index contributed by atoms with van der Waals surface area (Å²) in [5.41, 5.74) is 0.693. The highest BCUT2D eigenvalue weighted by molar-refractivity contribution is 6.42. The molecule has 0 aromatic heterocycles. The van der Waals surface area contributed by atoms with Crippen LogP contribution < -0.4 is 0 Å². The Kier molecular flexibility index (Phi) is 2.69. The van der Waals surface area contributed by atoms with Crippen molar-refractivity contribution in [1.82, 2.24) is 0 Å². The average Bonchev–Trinajstić information content (AvgIpc) is 3.03. The molecule has 20 heavy (non-hydrogen) atoms. The van der Waals surface area contributed by atoms with Gasteiger partial charge in [-0.15, -0.1) is 0 Å². The van der Waals surface area contributed by atoms with Gasteiger partial charge in [-0.2, -0.15) is 0 Å². The highest BCUT2D eigenvalue weighted by Crippen LogP contribution is 2.47. The number of rotatable bonds is 1. The van der Waals surface area contributed by atoms with Crippen LogP contribution in [0, 0.1) is 17.8 Å². The van der Waals surface area contributed by atoms with E-state index in [1.165, 1.54) is 0 Å². The fraction of sp³-hybridized carbons (Fsp3) is 0.333. The van der Waals surface area contributed by atoms with Crippen LogP contribution in [0.15, 0.2) is 35.3 Å². The van der Waals surface area contributed by atoms with E-state index < -0.39 is 0 Å². The molecule has 1 fully saturated rings. The Bertz CT molecular complexity index is 668. The number of benzene rings is 1. The molecule has 0 radical (unpaired) electrons. The Morgan fingerprint density at radius 2 is 1.95 bits per heavy atom. The van der Waals surface area contributed by atoms with Gasteiger partial charge >= 0.3 is 5.97 Å². The molecule has 2 bridgehead atoms. The topological polar surface area (TPSA) is 38.7 Å². The van der Waals surface area contributed by atoms with Gasteiger partial charge in [0.05, 0.1) is 22.0 Å². The molecule has 4 atom stereocenters. The van der Waals surface area contributed by atoms with Crippen molar-refractivity contribution in [2.45, 2.75) is 12.5 Å². The highest BCUT2D eigenvalue weighted by Gasteiger charge is 2.51. The Hall–Kier alpha value is -1.32. The third kappa shape index (κ3) is 1.73. The number of carbonyl (C=O) groups is 1. The maximum atomic E-state index is 12.2. The van der Waals surface area contributed by atoms with Gasteiger partial charge in [0.25, 0.3) is 0 Å². The lowest BCUT2D eigenvalue weighted by Gasteiger charge is -2.28. The molecule has 0 amide bonds. The first-order chi connectivity index (χ1) is 9.63. The smallest absolute Gasteiger partial charge is 0.318 e. The maximum Gasteiger partial charge on any atom is 0.318 e. The standard InChI is InChI=1S/C15H11Cl2NO2/c16-10-4-3-9(6-11(10)17)14-18-13-8-2-1-7(5-8)12(13)15(19)20-14/h1-4,6-8,12-13H,5H2/t7-,8+,12-,13+/m0/s1. The van der Waals surface area contributed by atoms with Crippen molar-refractivity contribution >= 4 is 35.1 Å². The van der Waals surface area contributed by atoms with Gasteiger partial charge in [-0.3, -0.25) is 4.79 Å². The second-order valence-electron chi connectivity index (χ2n) is 5.45. The van der Waals surface area contributed by atoms with Crippen molar-refractivity contribution in [3.8, 4) is 0 Å². The van der Waals surface area contributed by atoms with Crippen molar-refractivity contribution in [2.24, 2.45) is 22.7 Å². The van der Waals surface area contributed by atoms with Gasteiger partial charge in [-0.25, -0.2) is 4.99 Å². The van der Waals surface area contributed by atoms with Gasteiger partial charge in [-0.05, 0) is 30.5 Å². The molecule has 2 aliphatic carbocycles. The number of cyclic esters (lactones) is 1. The summed E-state index contributed by atoms with van der Waals surface area (Å²) in [6.07, 6.45) is 5.29. The zero-order valence-corrected chi connectivity index (χ0v) is 11.9. The summed E-state index contributed by atoms with van der Waals surface area (Å²) in [6, 6.07) is 5.14. The molecule has 1 heterocycles. The number of carbonyl (C=O) groups excluding carboxylic acids is 1. The SMILES string of the molecule is O=C1OC(c2ccc(Cl)c(Cl)c2)=N[C@H]2[C@@H]1[C@H]1C=C[C@@H]2C1. The molecule has 0 spiro atoms. The van der Waals surface area contributed by atoms with E-state index in [0.717, 1.165) is 6.42 Å². The molecule has 1 aliphatic heterocycles. The summed E-state index contributed by atoms with van der Waals surface area (Å²) in [5.74, 6) is 0.711. The molecular weight excluding hydrogens is 297 g/mol. The van der Waals surface area contributed by atoms with Crippen molar-refractivity contribution < 1.29 is 9.53 Å². The second-order valence-corrected chi connectivity index (χ2v) is 6.26. The normalized spacial score (nSPS) is 33.9. The molecule has 1 aromatic rings. The van der Waals surface area contributed by atoms with E-state index in [2.05, 4.69) is 17.1 Å². The van der Waals surface area contributed by atoms with Crippen LogP contribution >= 0.6 is 23.2 Å². The van der Waals surface area contributed by atoms with Crippen molar-refractivity contribution in [2.75, 3.05) is 0 Å². The van der Waals surface area contributed by atoms with Crippen LogP contribution in [-0.4, -0.2) is 17.9 Å². The molecule has 0 saturated heterocycles. The lowest BCUT2D eigenvalue weighted by molar-refractivity contribution is -0.142. The van der Waals surface area contributed by atoms with E-state index in [-0.39, 0.29) is 23.8 Å². The van der Waals surface area contributed by atoms with E-state index >= 15 is 0 Å². The monoisotopic (exact) mass is 307 g/mol. The first kappa shape index (κ1) is 12.4. The van der Waals surface area contributed by atoms with Crippen LogP contribution in [0.4, 0.5) is 0 Å². The molecule has 0 N–H and O–H groups in total. The number of allylic oxidation sites excluding steroid dienone is 1. The van der Waals surface area contributed by atoms with Gasteiger partial charge < -0.3 is 4.74 Å². The molecule has 3 nitrogen and oxygen atoms in total. The van der Waals surface area contributed by atoms with Crippen LogP contribution in [0.25, 0.3) is 0 Å². The number of aliphatic imine (C=N–C) groups is 1. The quantitative estimate of drug-likeness (QED) is 0.588. The number of fused-ring (bicyclic) bond motifs is 5. The number of halogens is 2. The van der Waals surface area contributed by atoms with Crippen LogP contribution in [0.3, 0.4) is 0 Å². The largest absolute Gasteiger partial charge is 0.407 e. The van der Waals surface area contributed by atoms with Gasteiger partial charge in [0.15, 0.2) is 0 Å². The fourth-order valence-corrected chi connectivity index (χ4v) is 3.67. The molecule has 1 aromatic carbocycles. The molecule has 1 saturated carbocycles. The first-order valence-corrected chi connectivity index (χ1v) is 7.32. The van der Waals surface area contributed by atoms with E-state index in [4.69, 9.17) is 27.9 Å². The molecule has 3 aliphatic rings. The van der Waals surface area contributed by atoms with Gasteiger partial charge in [0, 0.05) is 11.5 Å². The Morgan fingerprint density at radius 3 is 2.75 bits per heavy atom. The minimum absolute atomic E-state index is 0.00991. The molecule has 5 heteroatoms. The highest BCUT2D eigenvalue weighted by atomic mass is 35.5. The molecule has 0 unspecified atom stereocenters. The van der Waals surface area contributed by atoms with Crippen molar-refractivity contribution in [1.29, 1.82) is 0 Å². The molecule has 102 valence electrons. The third-order valence-electron chi connectivity index (χ3n) is 4.32. The third-order valence-corrected chi connectivity index (χ3v) is 5.06. The van der Waals surface area contributed by atoms with E-state index in [0.29, 0.717) is 27.4 Å². The lowest BCUT2D eigenvalue weighted by Crippen LogP contribution is -2.38. The summed E-state index contributed by atoms with van der Waals surface area (Å²) >= 11 is 11.9. The van der Waals surface area contributed by atoms with Crippen LogP contribution in [0.2, 0.25) is 10.0 Å². The van der Waals surface area contributed by atoms with Crippen molar-refractivity contribution in [3.05, 3.63) is 46.0 Å². The average molecular weight is 308 g/mol. The predicted molar refractivity (Wildman–Crippen MR) is 77.1 cm³/mol. The molecular formula is C15H11Cl2NO2. The summed E-state index contributed by atoms with van der Waals surface area (Å²) in [7, 11) is 0. The number of hydrogen-bond acceptors (Lipinski definition) is 3. The van der Waals surface area contributed by atoms with E-state index in [1.807, 2.05) is 0 Å².